The van der Waals surface area contributed by atoms with E-state index in [2.05, 4.69) is 4.90 Å². The molecular weight excluding hydrogens is 244 g/mol. The summed E-state index contributed by atoms with van der Waals surface area (Å²) in [6.07, 6.45) is 2.03. The average molecular weight is 264 g/mol. The molecule has 1 saturated heterocycles. The maximum absolute atomic E-state index is 11.8. The van der Waals surface area contributed by atoms with Crippen LogP contribution in [0.4, 0.5) is 11.4 Å². The Labute approximate surface area is 113 Å². The van der Waals surface area contributed by atoms with Crippen LogP contribution in [0.25, 0.3) is 0 Å². The maximum atomic E-state index is 11.8. The average Bonchev–Trinajstić information content (AvgIpc) is 2.46. The second-order valence-electron chi connectivity index (χ2n) is 4.91. The third kappa shape index (κ3) is 2.98. The van der Waals surface area contributed by atoms with E-state index >= 15 is 0 Å². The molecule has 1 unspecified atom stereocenters. The van der Waals surface area contributed by atoms with Crippen LogP contribution in [0, 0.1) is 5.92 Å². The highest BCUT2D eigenvalue weighted by molar-refractivity contribution is 5.97. The smallest absolute Gasteiger partial charge is 0.340 e. The van der Waals surface area contributed by atoms with Crippen molar-refractivity contribution in [2.24, 2.45) is 5.92 Å². The number of aliphatic hydroxyl groups excluding tert-OH is 1. The summed E-state index contributed by atoms with van der Waals surface area (Å²) in [6.45, 7) is 1.81. The van der Waals surface area contributed by atoms with Crippen LogP contribution in [0.15, 0.2) is 18.2 Å². The van der Waals surface area contributed by atoms with E-state index in [4.69, 9.17) is 10.5 Å². The van der Waals surface area contributed by atoms with Gasteiger partial charge in [0, 0.05) is 25.4 Å². The number of aliphatic hydroxyl groups is 1. The van der Waals surface area contributed by atoms with Gasteiger partial charge in [0.1, 0.15) is 0 Å². The van der Waals surface area contributed by atoms with E-state index in [1.807, 2.05) is 6.07 Å². The summed E-state index contributed by atoms with van der Waals surface area (Å²) in [5.41, 5.74) is 7.60. The maximum Gasteiger partial charge on any atom is 0.340 e. The van der Waals surface area contributed by atoms with Crippen LogP contribution in [0.3, 0.4) is 0 Å². The molecule has 1 heterocycles. The molecule has 0 saturated carbocycles. The molecule has 5 heteroatoms. The van der Waals surface area contributed by atoms with Gasteiger partial charge in [-0.15, -0.1) is 0 Å². The van der Waals surface area contributed by atoms with Gasteiger partial charge in [0.15, 0.2) is 0 Å². The van der Waals surface area contributed by atoms with Crippen LogP contribution in [-0.4, -0.2) is 37.9 Å². The molecule has 1 aromatic rings. The van der Waals surface area contributed by atoms with E-state index in [0.717, 1.165) is 31.6 Å². The highest BCUT2D eigenvalue weighted by Crippen LogP contribution is 2.28. The van der Waals surface area contributed by atoms with Crippen molar-refractivity contribution in [3.05, 3.63) is 23.8 Å². The van der Waals surface area contributed by atoms with Gasteiger partial charge < -0.3 is 20.5 Å². The number of anilines is 2. The molecule has 0 aromatic heterocycles. The third-order valence-corrected chi connectivity index (χ3v) is 3.54. The van der Waals surface area contributed by atoms with E-state index in [9.17, 15) is 9.90 Å². The van der Waals surface area contributed by atoms with Gasteiger partial charge in [-0.1, -0.05) is 0 Å². The Morgan fingerprint density at radius 1 is 1.58 bits per heavy atom. The van der Waals surface area contributed by atoms with Gasteiger partial charge in [0.2, 0.25) is 0 Å². The van der Waals surface area contributed by atoms with Gasteiger partial charge in [-0.3, -0.25) is 0 Å². The lowest BCUT2D eigenvalue weighted by Crippen LogP contribution is -2.37. The van der Waals surface area contributed by atoms with Crippen LogP contribution in [0.2, 0.25) is 0 Å². The summed E-state index contributed by atoms with van der Waals surface area (Å²) >= 11 is 0. The second-order valence-corrected chi connectivity index (χ2v) is 4.91. The van der Waals surface area contributed by atoms with Crippen molar-refractivity contribution in [2.45, 2.75) is 12.8 Å². The molecule has 1 fully saturated rings. The Balaban J connectivity index is 2.30. The second kappa shape index (κ2) is 5.93. The van der Waals surface area contributed by atoms with Crippen molar-refractivity contribution < 1.29 is 14.6 Å². The normalized spacial score (nSPS) is 19.3. The Bertz CT molecular complexity index is 462. The summed E-state index contributed by atoms with van der Waals surface area (Å²) in [4.78, 5) is 13.9. The van der Waals surface area contributed by atoms with Gasteiger partial charge in [0.05, 0.1) is 18.4 Å². The zero-order valence-electron chi connectivity index (χ0n) is 11.1. The largest absolute Gasteiger partial charge is 0.465 e. The van der Waals surface area contributed by atoms with Crippen LogP contribution >= 0.6 is 0 Å². The zero-order chi connectivity index (χ0) is 13.8. The highest BCUT2D eigenvalue weighted by Gasteiger charge is 2.23. The molecule has 5 nitrogen and oxygen atoms in total. The predicted molar refractivity (Wildman–Crippen MR) is 74.2 cm³/mol. The highest BCUT2D eigenvalue weighted by atomic mass is 16.5. The minimum absolute atomic E-state index is 0.180. The van der Waals surface area contributed by atoms with Gasteiger partial charge in [-0.2, -0.15) is 0 Å². The number of piperidine rings is 1. The van der Waals surface area contributed by atoms with Gasteiger partial charge in [-0.25, -0.2) is 4.79 Å². The summed E-state index contributed by atoms with van der Waals surface area (Å²) in [6, 6.07) is 5.27. The number of hydrogen-bond acceptors (Lipinski definition) is 5. The minimum Gasteiger partial charge on any atom is -0.465 e. The topological polar surface area (TPSA) is 75.8 Å². The van der Waals surface area contributed by atoms with Crippen molar-refractivity contribution in [3.8, 4) is 0 Å². The molecule has 3 N–H and O–H groups in total. The first-order chi connectivity index (χ1) is 9.15. The quantitative estimate of drug-likeness (QED) is 0.635. The van der Waals surface area contributed by atoms with Gasteiger partial charge in [0.25, 0.3) is 0 Å². The number of benzene rings is 1. The number of hydrogen-bond donors (Lipinski definition) is 2. The van der Waals surface area contributed by atoms with Crippen molar-refractivity contribution in [1.29, 1.82) is 0 Å². The van der Waals surface area contributed by atoms with Gasteiger partial charge in [-0.05, 0) is 37.0 Å². The number of nitrogen functional groups attached to an aromatic ring is 1. The number of rotatable bonds is 3. The molecule has 1 aliphatic heterocycles. The van der Waals surface area contributed by atoms with E-state index in [0.29, 0.717) is 11.3 Å². The molecule has 0 aliphatic carbocycles. The fourth-order valence-corrected chi connectivity index (χ4v) is 2.54. The number of carbonyl (C=O) groups is 1. The van der Waals surface area contributed by atoms with E-state index in [1.54, 1.807) is 12.1 Å². The van der Waals surface area contributed by atoms with Crippen LogP contribution in [0.5, 0.6) is 0 Å². The fraction of sp³-hybridized carbons (Fsp3) is 0.500. The minimum atomic E-state index is -0.381. The number of nitrogens with zero attached hydrogens (tertiary/aromatic N) is 1. The van der Waals surface area contributed by atoms with E-state index in [-0.39, 0.29) is 18.5 Å². The van der Waals surface area contributed by atoms with E-state index in [1.165, 1.54) is 7.11 Å². The molecule has 0 spiro atoms. The summed E-state index contributed by atoms with van der Waals surface area (Å²) in [5, 5.41) is 9.29. The zero-order valence-corrected chi connectivity index (χ0v) is 11.1. The molecule has 1 aromatic carbocycles. The Morgan fingerprint density at radius 3 is 3.05 bits per heavy atom. The number of esters is 1. The van der Waals surface area contributed by atoms with Crippen molar-refractivity contribution in [3.63, 3.8) is 0 Å². The SMILES string of the molecule is COC(=O)c1cc(N)ccc1N1CCCC(CO)C1. The first kappa shape index (κ1) is 13.7. The lowest BCUT2D eigenvalue weighted by Gasteiger charge is -2.34. The first-order valence-corrected chi connectivity index (χ1v) is 6.49. The molecule has 2 rings (SSSR count). The first-order valence-electron chi connectivity index (χ1n) is 6.49. The van der Waals surface area contributed by atoms with Crippen LogP contribution in [-0.2, 0) is 4.74 Å². The molecule has 0 amide bonds. The number of methoxy groups -OCH3 is 1. The standard InChI is InChI=1S/C14H20N2O3/c1-19-14(18)12-7-11(15)4-5-13(12)16-6-2-3-10(8-16)9-17/h4-5,7,10,17H,2-3,6,8-9,15H2,1H3. The van der Waals surface area contributed by atoms with E-state index < -0.39 is 0 Å². The lowest BCUT2D eigenvalue weighted by atomic mass is 9.97. The predicted octanol–water partition coefficient (Wildman–Crippen LogP) is 1.26. The third-order valence-electron chi connectivity index (χ3n) is 3.54. The summed E-state index contributed by atoms with van der Waals surface area (Å²) in [7, 11) is 1.36. The fourth-order valence-electron chi connectivity index (χ4n) is 2.54. The van der Waals surface area contributed by atoms with Crippen molar-refractivity contribution >= 4 is 17.3 Å². The summed E-state index contributed by atoms with van der Waals surface area (Å²) < 4.78 is 4.81. The monoisotopic (exact) mass is 264 g/mol. The van der Waals surface area contributed by atoms with Crippen LogP contribution < -0.4 is 10.6 Å². The Morgan fingerprint density at radius 2 is 2.37 bits per heavy atom. The summed E-state index contributed by atoms with van der Waals surface area (Å²) in [5.74, 6) is -0.120. The van der Waals surface area contributed by atoms with Gasteiger partial charge >= 0.3 is 5.97 Å². The van der Waals surface area contributed by atoms with Crippen molar-refractivity contribution in [1.82, 2.24) is 0 Å². The Hall–Kier alpha value is -1.75. The molecule has 1 atom stereocenters. The lowest BCUT2D eigenvalue weighted by molar-refractivity contribution is 0.0601. The number of carbonyl (C=O) groups excluding carboxylic acids is 1. The number of nitrogens with two attached hydrogens (primary N) is 1. The van der Waals surface area contributed by atoms with Crippen molar-refractivity contribution in [2.75, 3.05) is 37.4 Å². The number of ether oxygens (including phenoxy) is 1. The Kier molecular flexibility index (Phi) is 4.27. The molecule has 19 heavy (non-hydrogen) atoms. The molecular formula is C14H20N2O3. The molecule has 1 aliphatic rings. The molecule has 0 bridgehead atoms. The molecule has 104 valence electrons. The van der Waals surface area contributed by atoms with Crippen LogP contribution in [0.1, 0.15) is 23.2 Å². The molecule has 0 radical (unpaired) electrons.